The van der Waals surface area contributed by atoms with Gasteiger partial charge in [0.05, 0.1) is 11.1 Å². The molecule has 0 spiro atoms. The maximum Gasteiger partial charge on any atom is 0.237 e. The van der Waals surface area contributed by atoms with E-state index >= 15 is 0 Å². The SMILES string of the molecule is COC1CCCN(C(=O)C(C(N)=S)c2ccccc2)C1. The number of ether oxygens (including phenoxy) is 1. The molecule has 1 saturated heterocycles. The summed E-state index contributed by atoms with van der Waals surface area (Å²) in [5.74, 6) is -0.563. The average Bonchev–Trinajstić information content (AvgIpc) is 2.48. The van der Waals surface area contributed by atoms with Gasteiger partial charge in [0.2, 0.25) is 5.91 Å². The van der Waals surface area contributed by atoms with Crippen LogP contribution in [0.5, 0.6) is 0 Å². The van der Waals surface area contributed by atoms with Crippen molar-refractivity contribution in [2.75, 3.05) is 20.2 Å². The number of piperidine rings is 1. The van der Waals surface area contributed by atoms with Crippen LogP contribution in [-0.2, 0) is 9.53 Å². The summed E-state index contributed by atoms with van der Waals surface area (Å²) in [6, 6.07) is 9.47. The van der Waals surface area contributed by atoms with Crippen molar-refractivity contribution in [1.82, 2.24) is 4.90 Å². The summed E-state index contributed by atoms with van der Waals surface area (Å²) in [4.78, 5) is 14.7. The molecular weight excluding hydrogens is 272 g/mol. The first-order valence-corrected chi connectivity index (χ1v) is 7.20. The minimum absolute atomic E-state index is 0.0227. The van der Waals surface area contributed by atoms with Crippen molar-refractivity contribution in [3.05, 3.63) is 35.9 Å². The van der Waals surface area contributed by atoms with E-state index in [2.05, 4.69) is 0 Å². The Bertz CT molecular complexity index is 478. The molecule has 1 aliphatic rings. The molecule has 1 fully saturated rings. The third-order valence-corrected chi connectivity index (χ3v) is 3.92. The van der Waals surface area contributed by atoms with Crippen LogP contribution in [0.25, 0.3) is 0 Å². The number of carbonyl (C=O) groups excluding carboxylic acids is 1. The molecule has 20 heavy (non-hydrogen) atoms. The smallest absolute Gasteiger partial charge is 0.237 e. The molecular formula is C15H20N2O2S. The minimum atomic E-state index is -0.540. The normalized spacial score (nSPS) is 20.4. The lowest BCUT2D eigenvalue weighted by Crippen LogP contribution is -2.47. The topological polar surface area (TPSA) is 55.6 Å². The van der Waals surface area contributed by atoms with Gasteiger partial charge in [-0.15, -0.1) is 0 Å². The fraction of sp³-hybridized carbons (Fsp3) is 0.467. The van der Waals surface area contributed by atoms with Crippen LogP contribution in [0.15, 0.2) is 30.3 Å². The molecule has 1 heterocycles. The molecule has 0 saturated carbocycles. The van der Waals surface area contributed by atoms with Crippen LogP contribution in [0, 0.1) is 0 Å². The summed E-state index contributed by atoms with van der Waals surface area (Å²) >= 11 is 5.10. The number of carbonyl (C=O) groups is 1. The first kappa shape index (κ1) is 14.9. The summed E-state index contributed by atoms with van der Waals surface area (Å²) in [5.41, 5.74) is 6.65. The van der Waals surface area contributed by atoms with Gasteiger partial charge in [-0.2, -0.15) is 0 Å². The maximum absolute atomic E-state index is 12.7. The van der Waals surface area contributed by atoms with Gasteiger partial charge in [0.15, 0.2) is 0 Å². The minimum Gasteiger partial charge on any atom is -0.392 e. The van der Waals surface area contributed by atoms with Crippen LogP contribution in [0.4, 0.5) is 0 Å². The number of hydrogen-bond acceptors (Lipinski definition) is 3. The number of amides is 1. The first-order chi connectivity index (χ1) is 9.63. The predicted molar refractivity (Wildman–Crippen MR) is 82.6 cm³/mol. The van der Waals surface area contributed by atoms with E-state index in [-0.39, 0.29) is 17.0 Å². The van der Waals surface area contributed by atoms with Crippen LogP contribution in [0.1, 0.15) is 24.3 Å². The summed E-state index contributed by atoms with van der Waals surface area (Å²) in [5, 5.41) is 0. The summed E-state index contributed by atoms with van der Waals surface area (Å²) in [7, 11) is 1.68. The van der Waals surface area contributed by atoms with Crippen LogP contribution >= 0.6 is 12.2 Å². The molecule has 4 nitrogen and oxygen atoms in total. The Morgan fingerprint density at radius 3 is 2.75 bits per heavy atom. The molecule has 108 valence electrons. The van der Waals surface area contributed by atoms with Gasteiger partial charge < -0.3 is 15.4 Å². The third-order valence-electron chi connectivity index (χ3n) is 3.69. The molecule has 1 aliphatic heterocycles. The number of hydrogen-bond donors (Lipinski definition) is 1. The van der Waals surface area contributed by atoms with Gasteiger partial charge in [-0.1, -0.05) is 42.5 Å². The molecule has 0 aliphatic carbocycles. The van der Waals surface area contributed by atoms with Crippen molar-refractivity contribution in [1.29, 1.82) is 0 Å². The highest BCUT2D eigenvalue weighted by Gasteiger charge is 2.31. The molecule has 0 radical (unpaired) electrons. The van der Waals surface area contributed by atoms with Gasteiger partial charge >= 0.3 is 0 Å². The number of methoxy groups -OCH3 is 1. The van der Waals surface area contributed by atoms with E-state index in [1.165, 1.54) is 0 Å². The third kappa shape index (κ3) is 3.35. The Kier molecular flexibility index (Phi) is 5.09. The first-order valence-electron chi connectivity index (χ1n) is 6.79. The Morgan fingerprint density at radius 1 is 1.45 bits per heavy atom. The second-order valence-electron chi connectivity index (χ2n) is 5.03. The van der Waals surface area contributed by atoms with Crippen LogP contribution < -0.4 is 5.73 Å². The lowest BCUT2D eigenvalue weighted by Gasteiger charge is -2.34. The summed E-state index contributed by atoms with van der Waals surface area (Å²) in [6.07, 6.45) is 2.04. The van der Waals surface area contributed by atoms with Crippen molar-refractivity contribution < 1.29 is 9.53 Å². The lowest BCUT2D eigenvalue weighted by atomic mass is 9.96. The molecule has 2 unspecified atom stereocenters. The highest BCUT2D eigenvalue weighted by Crippen LogP contribution is 2.22. The predicted octanol–water partition coefficient (Wildman–Crippen LogP) is 1.69. The van der Waals surface area contributed by atoms with Crippen molar-refractivity contribution in [2.45, 2.75) is 24.9 Å². The highest BCUT2D eigenvalue weighted by molar-refractivity contribution is 7.80. The van der Waals surface area contributed by atoms with Crippen molar-refractivity contribution in [3.8, 4) is 0 Å². The second kappa shape index (κ2) is 6.81. The van der Waals surface area contributed by atoms with Crippen molar-refractivity contribution >= 4 is 23.1 Å². The van der Waals surface area contributed by atoms with Gasteiger partial charge in [-0.05, 0) is 18.4 Å². The van der Waals surface area contributed by atoms with E-state index in [0.29, 0.717) is 6.54 Å². The van der Waals surface area contributed by atoms with E-state index in [0.717, 1.165) is 24.9 Å². The van der Waals surface area contributed by atoms with Crippen LogP contribution in [0.2, 0.25) is 0 Å². The molecule has 2 N–H and O–H groups in total. The Hall–Kier alpha value is -1.46. The number of nitrogens with two attached hydrogens (primary N) is 1. The molecule has 0 aromatic heterocycles. The Labute approximate surface area is 124 Å². The van der Waals surface area contributed by atoms with E-state index in [1.807, 2.05) is 35.2 Å². The van der Waals surface area contributed by atoms with Gasteiger partial charge in [0.1, 0.15) is 5.92 Å². The fourth-order valence-corrected chi connectivity index (χ4v) is 2.82. The number of benzene rings is 1. The standard InChI is InChI=1S/C15H20N2O2S/c1-19-12-8-5-9-17(10-12)15(18)13(14(16)20)11-6-3-2-4-7-11/h2-4,6-7,12-13H,5,8-10H2,1H3,(H2,16,20). The monoisotopic (exact) mass is 292 g/mol. The van der Waals surface area contributed by atoms with Crippen LogP contribution in [-0.4, -0.2) is 42.1 Å². The lowest BCUT2D eigenvalue weighted by molar-refractivity contribution is -0.134. The van der Waals surface area contributed by atoms with E-state index in [9.17, 15) is 4.79 Å². The van der Waals surface area contributed by atoms with E-state index in [1.54, 1.807) is 7.11 Å². The van der Waals surface area contributed by atoms with Crippen LogP contribution in [0.3, 0.4) is 0 Å². The highest BCUT2D eigenvalue weighted by atomic mass is 32.1. The second-order valence-corrected chi connectivity index (χ2v) is 5.50. The zero-order valence-corrected chi connectivity index (χ0v) is 12.4. The molecule has 1 aromatic carbocycles. The zero-order valence-electron chi connectivity index (χ0n) is 11.6. The molecule has 0 bridgehead atoms. The van der Waals surface area contributed by atoms with Crippen molar-refractivity contribution in [2.24, 2.45) is 5.73 Å². The van der Waals surface area contributed by atoms with E-state index < -0.39 is 5.92 Å². The van der Waals surface area contributed by atoms with Gasteiger partial charge in [-0.3, -0.25) is 4.79 Å². The largest absolute Gasteiger partial charge is 0.392 e. The maximum atomic E-state index is 12.7. The average molecular weight is 292 g/mol. The molecule has 1 amide bonds. The summed E-state index contributed by atoms with van der Waals surface area (Å²) in [6.45, 7) is 1.35. The quantitative estimate of drug-likeness (QED) is 0.858. The number of likely N-dealkylation sites (tertiary alicyclic amines) is 1. The number of thiocarbonyl (C=S) groups is 1. The number of nitrogens with zero attached hydrogens (tertiary/aromatic N) is 1. The van der Waals surface area contributed by atoms with Crippen molar-refractivity contribution in [3.63, 3.8) is 0 Å². The Balaban J connectivity index is 2.17. The van der Waals surface area contributed by atoms with Gasteiger partial charge in [0, 0.05) is 20.2 Å². The molecule has 2 atom stereocenters. The Morgan fingerprint density at radius 2 is 2.15 bits per heavy atom. The van der Waals surface area contributed by atoms with E-state index in [4.69, 9.17) is 22.7 Å². The molecule has 2 rings (SSSR count). The fourth-order valence-electron chi connectivity index (χ4n) is 2.59. The zero-order chi connectivity index (χ0) is 14.5. The summed E-state index contributed by atoms with van der Waals surface area (Å²) < 4.78 is 5.36. The number of rotatable bonds is 4. The molecule has 1 aromatic rings. The van der Waals surface area contributed by atoms with Gasteiger partial charge in [-0.25, -0.2) is 0 Å². The van der Waals surface area contributed by atoms with Gasteiger partial charge in [0.25, 0.3) is 0 Å². The molecule has 5 heteroatoms.